The predicted molar refractivity (Wildman–Crippen MR) is 201 cm³/mol. The number of pyridine rings is 2. The first-order valence-electron chi connectivity index (χ1n) is 17.6. The second-order valence-corrected chi connectivity index (χ2v) is 14.9. The second-order valence-electron chi connectivity index (χ2n) is 14.9. The number of fused-ring (bicyclic) bond motifs is 6. The number of hydrogen-bond acceptors (Lipinski definition) is 4. The molecule has 0 amide bonds. The highest BCUT2D eigenvalue weighted by Gasteiger charge is 2.27. The van der Waals surface area contributed by atoms with Gasteiger partial charge < -0.3 is 4.42 Å². The summed E-state index contributed by atoms with van der Waals surface area (Å²) >= 11 is 0. The van der Waals surface area contributed by atoms with E-state index in [1.54, 1.807) is 0 Å². The number of hydrogen-bond donors (Lipinski definition) is 0. The van der Waals surface area contributed by atoms with Crippen LogP contribution in [0.4, 0.5) is 0 Å². The van der Waals surface area contributed by atoms with Crippen LogP contribution >= 0.6 is 0 Å². The van der Waals surface area contributed by atoms with Crippen molar-refractivity contribution in [3.8, 4) is 28.2 Å². The van der Waals surface area contributed by atoms with Crippen LogP contribution in [-0.2, 0) is 11.8 Å². The average Bonchev–Trinajstić information content (AvgIpc) is 3.85. The zero-order chi connectivity index (χ0) is 33.3. The SMILES string of the molecule is Cc1ccc2c(ccc3nc(-c4cccc5c4oc4nc(CC6CCCC6)ccc45)n(-c4ccc(-c5ccccc5)cc4C(C)(C)C)c32)n1. The van der Waals surface area contributed by atoms with Crippen LogP contribution in [0.2, 0.25) is 0 Å². The van der Waals surface area contributed by atoms with Crippen LogP contribution in [0, 0.1) is 12.8 Å². The van der Waals surface area contributed by atoms with Crippen molar-refractivity contribution in [2.75, 3.05) is 0 Å². The quantitative estimate of drug-likeness (QED) is 0.188. The molecule has 1 aliphatic rings. The van der Waals surface area contributed by atoms with Crippen LogP contribution in [0.3, 0.4) is 0 Å². The molecule has 4 aromatic heterocycles. The maximum Gasteiger partial charge on any atom is 0.227 e. The number of furan rings is 1. The number of imidazole rings is 1. The number of para-hydroxylation sites is 1. The summed E-state index contributed by atoms with van der Waals surface area (Å²) in [4.78, 5) is 15.4. The summed E-state index contributed by atoms with van der Waals surface area (Å²) in [6.07, 6.45) is 6.28. The maximum absolute atomic E-state index is 6.73. The molecular weight excluding hydrogens is 601 g/mol. The van der Waals surface area contributed by atoms with Gasteiger partial charge in [0.05, 0.1) is 27.8 Å². The topological polar surface area (TPSA) is 56.7 Å². The highest BCUT2D eigenvalue weighted by Crippen LogP contribution is 2.42. The fourth-order valence-electron chi connectivity index (χ4n) is 7.95. The van der Waals surface area contributed by atoms with Gasteiger partial charge in [0.1, 0.15) is 11.4 Å². The Hall–Kier alpha value is -5.29. The third kappa shape index (κ3) is 5.11. The van der Waals surface area contributed by atoms with Crippen molar-refractivity contribution in [3.05, 3.63) is 120 Å². The summed E-state index contributed by atoms with van der Waals surface area (Å²) < 4.78 is 9.08. The van der Waals surface area contributed by atoms with E-state index in [9.17, 15) is 0 Å². The van der Waals surface area contributed by atoms with Crippen LogP contribution in [0.5, 0.6) is 0 Å². The molecule has 0 atom stereocenters. The minimum Gasteiger partial charge on any atom is -0.437 e. The zero-order valence-corrected chi connectivity index (χ0v) is 28.6. The predicted octanol–water partition coefficient (Wildman–Crippen LogP) is 11.5. The van der Waals surface area contributed by atoms with E-state index in [0.717, 1.165) is 79.1 Å². The first-order chi connectivity index (χ1) is 23.8. The van der Waals surface area contributed by atoms with Crippen LogP contribution < -0.4 is 0 Å². The number of rotatable bonds is 5. The molecule has 242 valence electrons. The second kappa shape index (κ2) is 11.4. The lowest BCUT2D eigenvalue weighted by molar-refractivity contribution is 0.537. The fourth-order valence-corrected chi connectivity index (χ4v) is 7.95. The van der Waals surface area contributed by atoms with Gasteiger partial charge in [-0.05, 0) is 96.0 Å². The Labute approximate surface area is 286 Å². The van der Waals surface area contributed by atoms with Crippen molar-refractivity contribution in [3.63, 3.8) is 0 Å². The molecule has 0 saturated heterocycles. The Morgan fingerprint density at radius 3 is 2.33 bits per heavy atom. The molecule has 0 radical (unpaired) electrons. The highest BCUT2D eigenvalue weighted by molar-refractivity contribution is 6.10. The Morgan fingerprint density at radius 2 is 1.51 bits per heavy atom. The van der Waals surface area contributed by atoms with E-state index in [2.05, 4.69) is 128 Å². The van der Waals surface area contributed by atoms with Crippen molar-refractivity contribution in [1.29, 1.82) is 0 Å². The van der Waals surface area contributed by atoms with E-state index in [4.69, 9.17) is 19.4 Å². The van der Waals surface area contributed by atoms with Gasteiger partial charge in [-0.3, -0.25) is 9.55 Å². The number of nitrogens with zero attached hydrogens (tertiary/aromatic N) is 4. The number of aryl methyl sites for hydroxylation is 1. The normalized spacial score (nSPS) is 14.2. The lowest BCUT2D eigenvalue weighted by atomic mass is 9.83. The highest BCUT2D eigenvalue weighted by atomic mass is 16.3. The summed E-state index contributed by atoms with van der Waals surface area (Å²) in [5.74, 6) is 1.57. The summed E-state index contributed by atoms with van der Waals surface area (Å²) in [6, 6.07) is 36.8. The molecule has 1 saturated carbocycles. The van der Waals surface area contributed by atoms with Crippen LogP contribution in [-0.4, -0.2) is 19.5 Å². The smallest absolute Gasteiger partial charge is 0.227 e. The molecule has 5 nitrogen and oxygen atoms in total. The molecule has 0 bridgehead atoms. The van der Waals surface area contributed by atoms with Crippen molar-refractivity contribution in [2.24, 2.45) is 5.92 Å². The number of aromatic nitrogens is 4. The Kier molecular flexibility index (Phi) is 6.94. The molecule has 5 heteroatoms. The monoisotopic (exact) mass is 640 g/mol. The Bertz CT molecular complexity index is 2530. The van der Waals surface area contributed by atoms with Gasteiger partial charge in [-0.25, -0.2) is 9.97 Å². The summed E-state index contributed by atoms with van der Waals surface area (Å²) in [5.41, 5.74) is 12.1. The van der Waals surface area contributed by atoms with Gasteiger partial charge in [0.25, 0.3) is 0 Å². The van der Waals surface area contributed by atoms with Crippen molar-refractivity contribution < 1.29 is 4.42 Å². The molecule has 49 heavy (non-hydrogen) atoms. The average molecular weight is 641 g/mol. The van der Waals surface area contributed by atoms with Crippen molar-refractivity contribution in [1.82, 2.24) is 19.5 Å². The number of benzene rings is 4. The van der Waals surface area contributed by atoms with Crippen molar-refractivity contribution >= 4 is 44.0 Å². The molecular formula is C44H40N4O. The third-order valence-electron chi connectivity index (χ3n) is 10.4. The van der Waals surface area contributed by atoms with Gasteiger partial charge in [0.15, 0.2) is 0 Å². The summed E-state index contributed by atoms with van der Waals surface area (Å²) in [5, 5.41) is 3.18. The molecule has 4 heterocycles. The van der Waals surface area contributed by atoms with Gasteiger partial charge in [-0.1, -0.05) is 95.0 Å². The lowest BCUT2D eigenvalue weighted by Crippen LogP contribution is -2.16. The first-order valence-corrected chi connectivity index (χ1v) is 17.6. The van der Waals surface area contributed by atoms with Gasteiger partial charge in [-0.15, -0.1) is 0 Å². The van der Waals surface area contributed by atoms with E-state index in [1.165, 1.54) is 42.4 Å². The van der Waals surface area contributed by atoms with E-state index in [-0.39, 0.29) is 5.41 Å². The molecule has 0 aliphatic heterocycles. The largest absolute Gasteiger partial charge is 0.437 e. The summed E-state index contributed by atoms with van der Waals surface area (Å²) in [6.45, 7) is 8.91. The Balaban J connectivity index is 1.32. The molecule has 0 unspecified atom stereocenters. The minimum atomic E-state index is -0.154. The van der Waals surface area contributed by atoms with Gasteiger partial charge >= 0.3 is 0 Å². The van der Waals surface area contributed by atoms with Crippen LogP contribution in [0.25, 0.3) is 72.2 Å². The molecule has 8 aromatic rings. The molecule has 1 fully saturated rings. The van der Waals surface area contributed by atoms with E-state index >= 15 is 0 Å². The fraction of sp³-hybridized carbons (Fsp3) is 0.250. The van der Waals surface area contributed by atoms with Gasteiger partial charge in [-0.2, -0.15) is 0 Å². The van der Waals surface area contributed by atoms with E-state index < -0.39 is 0 Å². The zero-order valence-electron chi connectivity index (χ0n) is 28.6. The molecule has 0 spiro atoms. The molecule has 0 N–H and O–H groups in total. The summed E-state index contributed by atoms with van der Waals surface area (Å²) in [7, 11) is 0. The maximum atomic E-state index is 6.73. The molecule has 4 aromatic carbocycles. The lowest BCUT2D eigenvalue weighted by Gasteiger charge is -2.26. The third-order valence-corrected chi connectivity index (χ3v) is 10.4. The van der Waals surface area contributed by atoms with Crippen molar-refractivity contribution in [2.45, 2.75) is 65.2 Å². The standard InChI is InChI=1S/C44H40N4O/c1-27-17-20-34-37(45-27)22-23-38-40(34)48(39-24-18-30(26-36(39)44(2,3)4)29-13-6-5-7-14-29)42(47-38)35-16-10-15-32-33-21-19-31(25-28-11-8-9-12-28)46-43(33)49-41(32)35/h5-7,10,13-24,26,28H,8-9,11-12,25H2,1-4H3. The van der Waals surface area contributed by atoms with Gasteiger partial charge in [0.2, 0.25) is 5.71 Å². The van der Waals surface area contributed by atoms with E-state index in [0.29, 0.717) is 5.71 Å². The van der Waals surface area contributed by atoms with Gasteiger partial charge in [0, 0.05) is 27.5 Å². The van der Waals surface area contributed by atoms with Crippen LogP contribution in [0.1, 0.15) is 63.4 Å². The Morgan fingerprint density at radius 1 is 0.714 bits per heavy atom. The molecule has 1 aliphatic carbocycles. The minimum absolute atomic E-state index is 0.154. The first kappa shape index (κ1) is 29.8. The van der Waals surface area contributed by atoms with Crippen LogP contribution in [0.15, 0.2) is 108 Å². The van der Waals surface area contributed by atoms with E-state index in [1.807, 2.05) is 6.92 Å². The molecule has 9 rings (SSSR count).